The van der Waals surface area contributed by atoms with E-state index >= 15 is 0 Å². The summed E-state index contributed by atoms with van der Waals surface area (Å²) in [4.78, 5) is 14.1. The summed E-state index contributed by atoms with van der Waals surface area (Å²) in [6, 6.07) is -0.0919. The van der Waals surface area contributed by atoms with Crippen LogP contribution < -0.4 is 10.6 Å². The van der Waals surface area contributed by atoms with E-state index in [4.69, 9.17) is 11.2 Å². The number of ether oxygens (including phenoxy) is 1. The maximum atomic E-state index is 11.9. The molecule has 1 fully saturated rings. The predicted octanol–water partition coefficient (Wildman–Crippen LogP) is 0.0723. The first kappa shape index (κ1) is 17.0. The van der Waals surface area contributed by atoms with Gasteiger partial charge in [-0.25, -0.2) is 0 Å². The second kappa shape index (κ2) is 9.76. The summed E-state index contributed by atoms with van der Waals surface area (Å²) in [5.74, 6) is 3.15. The Bertz CT molecular complexity index is 320. The zero-order valence-electron chi connectivity index (χ0n) is 12.7. The zero-order chi connectivity index (χ0) is 14.8. The smallest absolute Gasteiger partial charge is 0.237 e. The van der Waals surface area contributed by atoms with Gasteiger partial charge in [0, 0.05) is 13.7 Å². The Morgan fingerprint density at radius 2 is 2.20 bits per heavy atom. The number of amides is 1. The van der Waals surface area contributed by atoms with Crippen molar-refractivity contribution in [3.05, 3.63) is 0 Å². The lowest BCUT2D eigenvalue weighted by molar-refractivity contribution is -0.126. The van der Waals surface area contributed by atoms with Crippen LogP contribution in [0.3, 0.4) is 0 Å². The van der Waals surface area contributed by atoms with Gasteiger partial charge in [0.15, 0.2) is 0 Å². The molecule has 1 saturated heterocycles. The average Bonchev–Trinajstić information content (AvgIpc) is 2.49. The molecule has 1 atom stereocenters. The first-order chi connectivity index (χ1) is 9.69. The maximum absolute atomic E-state index is 11.9. The van der Waals surface area contributed by atoms with Crippen LogP contribution in [0.5, 0.6) is 0 Å². The quantitative estimate of drug-likeness (QED) is 0.488. The summed E-state index contributed by atoms with van der Waals surface area (Å²) in [7, 11) is 1.72. The van der Waals surface area contributed by atoms with Crippen molar-refractivity contribution in [2.24, 2.45) is 5.92 Å². The minimum Gasteiger partial charge on any atom is -0.383 e. The zero-order valence-corrected chi connectivity index (χ0v) is 12.7. The topological polar surface area (TPSA) is 53.6 Å². The molecule has 0 aromatic rings. The van der Waals surface area contributed by atoms with Gasteiger partial charge in [0.25, 0.3) is 0 Å². The highest BCUT2D eigenvalue weighted by Gasteiger charge is 2.25. The molecule has 2 N–H and O–H groups in total. The fourth-order valence-corrected chi connectivity index (χ4v) is 2.48. The van der Waals surface area contributed by atoms with E-state index < -0.39 is 0 Å². The molecule has 0 aromatic carbocycles. The van der Waals surface area contributed by atoms with E-state index in [9.17, 15) is 4.79 Å². The van der Waals surface area contributed by atoms with E-state index in [1.807, 2.05) is 6.92 Å². The monoisotopic (exact) mass is 281 g/mol. The standard InChI is InChI=1S/C15H27N3O2/c1-4-7-17-15(19)13(2)18-9-5-14(6-10-18)12-16-8-11-20-3/h1,13-14,16H,5-12H2,2-3H3,(H,17,19). The number of methoxy groups -OCH3 is 1. The molecule has 0 radical (unpaired) electrons. The Labute approximate surface area is 122 Å². The van der Waals surface area contributed by atoms with Gasteiger partial charge in [0.2, 0.25) is 5.91 Å². The van der Waals surface area contributed by atoms with Crippen LogP contribution in [0.15, 0.2) is 0 Å². The Morgan fingerprint density at radius 1 is 1.50 bits per heavy atom. The highest BCUT2D eigenvalue weighted by atomic mass is 16.5. The Balaban J connectivity index is 2.20. The molecule has 114 valence electrons. The second-order valence-electron chi connectivity index (χ2n) is 5.27. The molecule has 0 bridgehead atoms. The van der Waals surface area contributed by atoms with Crippen LogP contribution in [0.1, 0.15) is 19.8 Å². The molecule has 5 heteroatoms. The molecule has 0 aliphatic carbocycles. The normalized spacial score (nSPS) is 18.4. The third kappa shape index (κ3) is 5.91. The third-order valence-corrected chi connectivity index (χ3v) is 3.86. The molecular weight excluding hydrogens is 254 g/mol. The molecular formula is C15H27N3O2. The van der Waals surface area contributed by atoms with Crippen molar-refractivity contribution in [2.45, 2.75) is 25.8 Å². The Morgan fingerprint density at radius 3 is 2.80 bits per heavy atom. The summed E-state index contributed by atoms with van der Waals surface area (Å²) in [5, 5.41) is 6.15. The van der Waals surface area contributed by atoms with Crippen LogP contribution >= 0.6 is 0 Å². The summed E-state index contributed by atoms with van der Waals surface area (Å²) >= 11 is 0. The van der Waals surface area contributed by atoms with Gasteiger partial charge >= 0.3 is 0 Å². The van der Waals surface area contributed by atoms with E-state index in [0.717, 1.165) is 45.6 Å². The van der Waals surface area contributed by atoms with E-state index in [1.54, 1.807) is 7.11 Å². The van der Waals surface area contributed by atoms with Gasteiger partial charge in [-0.15, -0.1) is 6.42 Å². The van der Waals surface area contributed by atoms with E-state index in [1.165, 1.54) is 0 Å². The highest BCUT2D eigenvalue weighted by Crippen LogP contribution is 2.18. The van der Waals surface area contributed by atoms with Crippen LogP contribution in [0.2, 0.25) is 0 Å². The van der Waals surface area contributed by atoms with Gasteiger partial charge in [-0.1, -0.05) is 5.92 Å². The number of rotatable bonds is 8. The molecule has 1 heterocycles. The second-order valence-corrected chi connectivity index (χ2v) is 5.27. The van der Waals surface area contributed by atoms with Crippen LogP contribution in [0.4, 0.5) is 0 Å². The Hall–Kier alpha value is -1.09. The highest BCUT2D eigenvalue weighted by molar-refractivity contribution is 5.81. The van der Waals surface area contributed by atoms with E-state index in [0.29, 0.717) is 12.5 Å². The molecule has 1 unspecified atom stereocenters. The first-order valence-corrected chi connectivity index (χ1v) is 7.34. The lowest BCUT2D eigenvalue weighted by Gasteiger charge is -2.35. The minimum absolute atomic E-state index is 0.0274. The fourth-order valence-electron chi connectivity index (χ4n) is 2.48. The number of nitrogens with zero attached hydrogens (tertiary/aromatic N) is 1. The van der Waals surface area contributed by atoms with Gasteiger partial charge < -0.3 is 15.4 Å². The van der Waals surface area contributed by atoms with Crippen LogP contribution in [-0.2, 0) is 9.53 Å². The number of likely N-dealkylation sites (tertiary alicyclic amines) is 1. The van der Waals surface area contributed by atoms with Gasteiger partial charge in [-0.3, -0.25) is 9.69 Å². The number of piperidine rings is 1. The molecule has 1 aliphatic heterocycles. The van der Waals surface area contributed by atoms with Gasteiger partial charge in [-0.05, 0) is 45.3 Å². The number of carbonyl (C=O) groups excluding carboxylic acids is 1. The third-order valence-electron chi connectivity index (χ3n) is 3.86. The van der Waals surface area contributed by atoms with Crippen molar-refractivity contribution in [2.75, 3.05) is 46.4 Å². The molecule has 1 aliphatic rings. The van der Waals surface area contributed by atoms with E-state index in [2.05, 4.69) is 21.5 Å². The lowest BCUT2D eigenvalue weighted by Crippen LogP contribution is -2.49. The SMILES string of the molecule is C#CCNC(=O)C(C)N1CCC(CNCCOC)CC1. The number of terminal acetylenes is 1. The van der Waals surface area contributed by atoms with E-state index in [-0.39, 0.29) is 11.9 Å². The molecule has 20 heavy (non-hydrogen) atoms. The first-order valence-electron chi connectivity index (χ1n) is 7.34. The Kier molecular flexibility index (Phi) is 8.28. The summed E-state index contributed by atoms with van der Waals surface area (Å²) in [5.41, 5.74) is 0. The molecule has 1 rings (SSSR count). The van der Waals surface area contributed by atoms with Crippen LogP contribution in [0, 0.1) is 18.3 Å². The lowest BCUT2D eigenvalue weighted by atomic mass is 9.95. The van der Waals surface area contributed by atoms with Gasteiger partial charge in [-0.2, -0.15) is 0 Å². The van der Waals surface area contributed by atoms with Gasteiger partial charge in [0.1, 0.15) is 0 Å². The van der Waals surface area contributed by atoms with Crippen molar-refractivity contribution in [1.82, 2.24) is 15.5 Å². The van der Waals surface area contributed by atoms with Crippen LogP contribution in [-0.4, -0.2) is 63.3 Å². The van der Waals surface area contributed by atoms with Gasteiger partial charge in [0.05, 0.1) is 19.2 Å². The average molecular weight is 281 g/mol. The fraction of sp³-hybridized carbons (Fsp3) is 0.800. The summed E-state index contributed by atoms with van der Waals surface area (Å²) < 4.78 is 5.01. The predicted molar refractivity (Wildman–Crippen MR) is 80.3 cm³/mol. The summed E-state index contributed by atoms with van der Waals surface area (Å²) in [6.07, 6.45) is 7.41. The minimum atomic E-state index is -0.0919. The van der Waals surface area contributed by atoms with Crippen LogP contribution in [0.25, 0.3) is 0 Å². The molecule has 0 aromatic heterocycles. The summed E-state index contributed by atoms with van der Waals surface area (Å²) in [6.45, 7) is 6.90. The van der Waals surface area contributed by atoms with Crippen molar-refractivity contribution in [3.63, 3.8) is 0 Å². The van der Waals surface area contributed by atoms with Crippen molar-refractivity contribution in [3.8, 4) is 12.3 Å². The molecule has 5 nitrogen and oxygen atoms in total. The number of nitrogens with one attached hydrogen (secondary N) is 2. The molecule has 0 spiro atoms. The molecule has 0 saturated carbocycles. The van der Waals surface area contributed by atoms with Crippen molar-refractivity contribution >= 4 is 5.91 Å². The van der Waals surface area contributed by atoms with Crippen molar-refractivity contribution < 1.29 is 9.53 Å². The largest absolute Gasteiger partial charge is 0.383 e. The van der Waals surface area contributed by atoms with Crippen molar-refractivity contribution in [1.29, 1.82) is 0 Å². The number of hydrogen-bond acceptors (Lipinski definition) is 4. The maximum Gasteiger partial charge on any atom is 0.237 e. The molecule has 1 amide bonds. The number of hydrogen-bond donors (Lipinski definition) is 2. The number of carbonyl (C=O) groups is 1.